The summed E-state index contributed by atoms with van der Waals surface area (Å²) in [5, 5.41) is 47.8. The topological polar surface area (TPSA) is 188 Å². The molecule has 0 amide bonds. The first-order chi connectivity index (χ1) is 28.5. The smallest absolute Gasteiger partial charge is 0.160 e. The van der Waals surface area contributed by atoms with Crippen LogP contribution in [0.25, 0.3) is 0 Å². The fourth-order valence-electron chi connectivity index (χ4n) is 10.8. The molecule has 3 heterocycles. The van der Waals surface area contributed by atoms with Crippen molar-refractivity contribution in [2.45, 2.75) is 133 Å². The number of fused-ring (bicyclic) bond motifs is 2. The number of hydrogen-bond acceptors (Lipinski definition) is 11. The molecule has 1 saturated heterocycles. The van der Waals surface area contributed by atoms with Crippen LogP contribution in [0.3, 0.4) is 0 Å². The van der Waals surface area contributed by atoms with E-state index in [0.29, 0.717) is 106 Å². The average molecular weight is 809 g/mol. The minimum atomic E-state index is -1.19. The van der Waals surface area contributed by atoms with Crippen molar-refractivity contribution in [1.29, 1.82) is 0 Å². The van der Waals surface area contributed by atoms with Gasteiger partial charge in [0.2, 0.25) is 0 Å². The van der Waals surface area contributed by atoms with Crippen LogP contribution in [0.5, 0.6) is 11.5 Å². The zero-order chi connectivity index (χ0) is 41.5. The van der Waals surface area contributed by atoms with Gasteiger partial charge in [-0.15, -0.1) is 0 Å². The summed E-state index contributed by atoms with van der Waals surface area (Å²) in [5.74, 6) is 9.13. The molecule has 0 radical (unpaired) electrons. The van der Waals surface area contributed by atoms with Crippen molar-refractivity contribution in [3.05, 3.63) is 58.3 Å². The maximum Gasteiger partial charge on any atom is 0.160 e. The summed E-state index contributed by atoms with van der Waals surface area (Å²) < 4.78 is 5.47. The Bertz CT molecular complexity index is 1950. The van der Waals surface area contributed by atoms with Crippen LogP contribution in [0.15, 0.2) is 41.0 Å². The van der Waals surface area contributed by atoms with Crippen LogP contribution in [-0.2, 0) is 28.9 Å². The number of aryl methyl sites for hydroxylation is 2. The summed E-state index contributed by atoms with van der Waals surface area (Å²) in [7, 11) is 1.51. The highest BCUT2D eigenvalue weighted by atomic mass is 16.5. The van der Waals surface area contributed by atoms with Gasteiger partial charge >= 0.3 is 0 Å². The van der Waals surface area contributed by atoms with Crippen molar-refractivity contribution in [3.63, 3.8) is 0 Å². The molecule has 9 atom stereocenters. The molecule has 1 aromatic heterocycles. The number of nitrogens with one attached hydrogen (secondary N) is 1. The first kappa shape index (κ1) is 43.0. The molecule has 9 unspecified atom stereocenters. The summed E-state index contributed by atoms with van der Waals surface area (Å²) >= 11 is 0. The van der Waals surface area contributed by atoms with Crippen molar-refractivity contribution in [3.8, 4) is 23.3 Å². The second kappa shape index (κ2) is 19.5. The van der Waals surface area contributed by atoms with Gasteiger partial charge in [-0.1, -0.05) is 17.9 Å². The third-order valence-electron chi connectivity index (χ3n) is 14.3. The fourth-order valence-corrected chi connectivity index (χ4v) is 10.8. The molecule has 7 rings (SSSR count). The number of carbonyl (C=O) groups is 2. The maximum absolute atomic E-state index is 14.3. The predicted molar refractivity (Wildman–Crippen MR) is 228 cm³/mol. The third kappa shape index (κ3) is 10.3. The molecule has 0 bridgehead atoms. The van der Waals surface area contributed by atoms with Gasteiger partial charge in [0, 0.05) is 56.7 Å². The number of nitrogens with zero attached hydrogens (tertiary/aromatic N) is 2. The highest BCUT2D eigenvalue weighted by Gasteiger charge is 2.48. The van der Waals surface area contributed by atoms with Crippen molar-refractivity contribution >= 4 is 23.6 Å². The van der Waals surface area contributed by atoms with Crippen LogP contribution < -0.4 is 15.8 Å². The Morgan fingerprint density at radius 2 is 1.95 bits per heavy atom. The van der Waals surface area contributed by atoms with Gasteiger partial charge in [-0.25, -0.2) is 4.98 Å². The lowest BCUT2D eigenvalue weighted by atomic mass is 9.63. The van der Waals surface area contributed by atoms with Gasteiger partial charge in [0.05, 0.1) is 25.9 Å². The molecule has 7 N–H and O–H groups in total. The number of benzene rings is 1. The molecule has 3 aliphatic carbocycles. The van der Waals surface area contributed by atoms with Gasteiger partial charge in [0.15, 0.2) is 17.3 Å². The molecule has 5 aliphatic rings. The fraction of sp³-hybridized carbons (Fsp3) is 0.625. The van der Waals surface area contributed by atoms with Crippen molar-refractivity contribution < 1.29 is 34.8 Å². The van der Waals surface area contributed by atoms with Crippen molar-refractivity contribution in [1.82, 2.24) is 10.3 Å². The van der Waals surface area contributed by atoms with E-state index in [1.807, 2.05) is 18.5 Å². The maximum atomic E-state index is 14.3. The number of carbonyl (C=O) groups excluding carboxylic acids is 2. The number of allylic oxidation sites excluding steroid dienone is 1. The Balaban J connectivity index is 1.05. The van der Waals surface area contributed by atoms with Gasteiger partial charge in [-0.2, -0.15) is 0 Å². The zero-order valence-corrected chi connectivity index (χ0v) is 34.7. The van der Waals surface area contributed by atoms with Gasteiger partial charge in [0.25, 0.3) is 0 Å². The quantitative estimate of drug-likeness (QED) is 0.124. The number of nitrogens with two attached hydrogens (primary N) is 1. The molecule has 3 fully saturated rings. The lowest BCUT2D eigenvalue weighted by Gasteiger charge is -2.44. The van der Waals surface area contributed by atoms with Gasteiger partial charge in [0.1, 0.15) is 17.0 Å². The van der Waals surface area contributed by atoms with E-state index in [1.165, 1.54) is 7.11 Å². The number of phenolic OH excluding ortho intramolecular Hbond substituents is 1. The monoisotopic (exact) mass is 808 g/mol. The van der Waals surface area contributed by atoms with Gasteiger partial charge in [-0.3, -0.25) is 14.6 Å². The van der Waals surface area contributed by atoms with E-state index in [-0.39, 0.29) is 42.4 Å². The third-order valence-corrected chi connectivity index (χ3v) is 14.3. The van der Waals surface area contributed by atoms with E-state index < -0.39 is 17.6 Å². The normalized spacial score (nSPS) is 29.0. The van der Waals surface area contributed by atoms with Gasteiger partial charge < -0.3 is 36.2 Å². The molecule has 1 aromatic carbocycles. The molecular weight excluding hydrogens is 745 g/mol. The Kier molecular flexibility index (Phi) is 14.2. The number of anilines is 1. The molecule has 318 valence electrons. The van der Waals surface area contributed by atoms with Crippen LogP contribution in [0.2, 0.25) is 0 Å². The average Bonchev–Trinajstić information content (AvgIpc) is 3.76. The molecule has 2 saturated carbocycles. The molecule has 2 aromatic rings. The molecule has 11 nitrogen and oxygen atoms in total. The van der Waals surface area contributed by atoms with E-state index in [0.717, 1.165) is 72.9 Å². The summed E-state index contributed by atoms with van der Waals surface area (Å²) in [5.41, 5.74) is 9.85. The second-order valence-corrected chi connectivity index (χ2v) is 18.1. The highest BCUT2D eigenvalue weighted by Crippen LogP contribution is 2.47. The summed E-state index contributed by atoms with van der Waals surface area (Å²) in [6.45, 7) is 1.71. The number of methoxy groups -OCH3 is 1. The highest BCUT2D eigenvalue weighted by molar-refractivity contribution is 5.89. The number of ketones is 2. The number of aliphatic imine (C=N–C) groups is 1. The number of aliphatic hydroxyl groups is 3. The minimum Gasteiger partial charge on any atom is -0.504 e. The lowest BCUT2D eigenvalue weighted by Crippen LogP contribution is -2.50. The number of aromatic nitrogens is 1. The minimum absolute atomic E-state index is 0.000991. The SMILES string of the molecule is COc1cc2c(cc1O)C(CCC(O)CCc1cc(N)ncc1CC1=CCN=C1)C#CC1(CCC(CC(CCCO)C3CNC4CC(=O)CCC4C3)CC1O)C(=O)CC2. The summed E-state index contributed by atoms with van der Waals surface area (Å²) in [6.07, 6.45) is 15.4. The first-order valence-electron chi connectivity index (χ1n) is 22.1. The second-order valence-electron chi connectivity index (χ2n) is 18.1. The molecule has 11 heteroatoms. The van der Waals surface area contributed by atoms with Crippen LogP contribution in [0.1, 0.15) is 118 Å². The number of aliphatic hydroxyl groups excluding tert-OH is 3. The first-order valence-corrected chi connectivity index (χ1v) is 22.1. The largest absolute Gasteiger partial charge is 0.504 e. The number of aromatic hydroxyl groups is 1. The number of ether oxygens (including phenoxy) is 1. The van der Waals surface area contributed by atoms with E-state index in [1.54, 1.807) is 12.1 Å². The van der Waals surface area contributed by atoms with Crippen LogP contribution in [0, 0.1) is 40.9 Å². The molecule has 1 spiro atoms. The lowest BCUT2D eigenvalue weighted by molar-refractivity contribution is -0.134. The number of phenols is 1. The van der Waals surface area contributed by atoms with Crippen molar-refractivity contribution in [2.75, 3.05) is 32.5 Å². The molecule has 59 heavy (non-hydrogen) atoms. The standard InChI is InChI=1S/C48H64N4O7/c1-59-44-23-35-7-11-45(57)48(15-12-30(21-46(48)58)19-33(3-2-18-53)38-22-36-6-10-40(55)25-42(36)51-28-38)16-13-32(41(35)26-43(44)56)4-8-39(54)9-5-34-24-47(49)52-29-37(34)20-31-14-17-50-27-31/h14,23-24,26-27,29-30,32-33,36,38-39,42,46,51,53-54,56,58H,2-12,15,17-22,25,28H2,1H3,(H2,49,52). The number of pyridine rings is 1. The number of Topliss-reactive ketones (excluding diaryl/α,β-unsaturated/α-hetero) is 2. The number of nitrogen functional groups attached to an aromatic ring is 1. The Hall–Kier alpha value is -4.08. The van der Waals surface area contributed by atoms with E-state index in [2.05, 4.69) is 33.2 Å². The number of hydrogen-bond donors (Lipinski definition) is 6. The summed E-state index contributed by atoms with van der Waals surface area (Å²) in [6, 6.07) is 5.66. The zero-order valence-electron chi connectivity index (χ0n) is 34.7. The molecular formula is C48H64N4O7. The predicted octanol–water partition coefficient (Wildman–Crippen LogP) is 5.58. The Morgan fingerprint density at radius 1 is 1.08 bits per heavy atom. The molecule has 2 aliphatic heterocycles. The van der Waals surface area contributed by atoms with Crippen LogP contribution in [-0.4, -0.2) is 88.2 Å². The van der Waals surface area contributed by atoms with E-state index >= 15 is 0 Å². The Labute approximate surface area is 349 Å². The van der Waals surface area contributed by atoms with Crippen LogP contribution in [0.4, 0.5) is 5.82 Å². The Morgan fingerprint density at radius 3 is 2.73 bits per heavy atom. The number of rotatable bonds is 15. The number of piperidine rings is 1. The van der Waals surface area contributed by atoms with Gasteiger partial charge in [-0.05, 0) is 160 Å². The van der Waals surface area contributed by atoms with E-state index in [9.17, 15) is 30.0 Å². The van der Waals surface area contributed by atoms with Crippen LogP contribution >= 0.6 is 0 Å². The van der Waals surface area contributed by atoms with Crippen molar-refractivity contribution in [2.24, 2.45) is 34.1 Å². The van der Waals surface area contributed by atoms with E-state index in [4.69, 9.17) is 10.5 Å². The summed E-state index contributed by atoms with van der Waals surface area (Å²) in [4.78, 5) is 35.0.